The highest BCUT2D eigenvalue weighted by Gasteiger charge is 2.15. The van der Waals surface area contributed by atoms with E-state index in [1.54, 1.807) is 0 Å². The summed E-state index contributed by atoms with van der Waals surface area (Å²) < 4.78 is 1.37. The molecule has 1 heterocycles. The van der Waals surface area contributed by atoms with Gasteiger partial charge in [-0.05, 0) is 19.3 Å². The summed E-state index contributed by atoms with van der Waals surface area (Å²) in [5.41, 5.74) is 0. The Morgan fingerprint density at radius 2 is 1.62 bits per heavy atom. The van der Waals surface area contributed by atoms with Crippen LogP contribution in [0.4, 0.5) is 0 Å². The van der Waals surface area contributed by atoms with Crippen molar-refractivity contribution in [1.82, 2.24) is 0 Å². The number of hydrogen-bond acceptors (Lipinski definition) is 3. The van der Waals surface area contributed by atoms with E-state index in [1.807, 2.05) is 23.5 Å². The molecular formula is C10H17NS2. The van der Waals surface area contributed by atoms with E-state index in [2.05, 4.69) is 0 Å². The Hall–Kier alpha value is 0.370. The van der Waals surface area contributed by atoms with Gasteiger partial charge in [-0.1, -0.05) is 42.8 Å². The van der Waals surface area contributed by atoms with E-state index in [0.717, 1.165) is 0 Å². The molecule has 0 aromatic carbocycles. The van der Waals surface area contributed by atoms with Gasteiger partial charge in [0.1, 0.15) is 4.38 Å². The summed E-state index contributed by atoms with van der Waals surface area (Å²) in [6.07, 6.45) is 8.27. The molecule has 0 aromatic rings. The first kappa shape index (κ1) is 9.91. The van der Waals surface area contributed by atoms with E-state index in [4.69, 9.17) is 4.99 Å². The third-order valence-corrected chi connectivity index (χ3v) is 5.00. The number of aliphatic imine (C=N–C) groups is 1. The second kappa shape index (κ2) is 5.30. The fourth-order valence-electron chi connectivity index (χ4n) is 1.85. The Bertz CT molecular complexity index is 177. The molecule has 0 N–H and O–H groups in total. The second-order valence-electron chi connectivity index (χ2n) is 3.74. The largest absolute Gasteiger partial charge is 0.268 e. The third-order valence-electron chi connectivity index (χ3n) is 2.60. The van der Waals surface area contributed by atoms with Gasteiger partial charge in [-0.15, -0.1) is 0 Å². The Morgan fingerprint density at radius 3 is 2.31 bits per heavy atom. The summed E-state index contributed by atoms with van der Waals surface area (Å²) in [4.78, 5) is 4.84. The molecular weight excluding hydrogens is 198 g/mol. The standard InChI is InChI=1S/C10H17NS2/c1-2-5-9(6-3-1)11-10-12-7-4-8-13-10/h9H,1-8H2. The fourth-order valence-corrected chi connectivity index (χ4v) is 4.24. The topological polar surface area (TPSA) is 12.4 Å². The molecule has 74 valence electrons. The number of rotatable bonds is 1. The monoisotopic (exact) mass is 215 g/mol. The van der Waals surface area contributed by atoms with Gasteiger partial charge < -0.3 is 0 Å². The first-order valence-corrected chi connectivity index (χ1v) is 7.26. The molecule has 1 nitrogen and oxygen atoms in total. The van der Waals surface area contributed by atoms with Crippen molar-refractivity contribution in [1.29, 1.82) is 0 Å². The van der Waals surface area contributed by atoms with Gasteiger partial charge in [-0.3, -0.25) is 4.99 Å². The van der Waals surface area contributed by atoms with Crippen LogP contribution in [0.25, 0.3) is 0 Å². The summed E-state index contributed by atoms with van der Waals surface area (Å²) in [6, 6.07) is 0.668. The van der Waals surface area contributed by atoms with E-state index in [0.29, 0.717) is 6.04 Å². The minimum atomic E-state index is 0.668. The van der Waals surface area contributed by atoms with Crippen molar-refractivity contribution in [2.45, 2.75) is 44.6 Å². The van der Waals surface area contributed by atoms with Gasteiger partial charge in [0.15, 0.2) is 0 Å². The SMILES string of the molecule is C1CCC(N=C2SCCCS2)CC1. The highest BCUT2D eigenvalue weighted by Crippen LogP contribution is 2.28. The van der Waals surface area contributed by atoms with Crippen LogP contribution in [0.2, 0.25) is 0 Å². The van der Waals surface area contributed by atoms with Gasteiger partial charge in [-0.2, -0.15) is 0 Å². The minimum absolute atomic E-state index is 0.668. The van der Waals surface area contributed by atoms with Crippen LogP contribution in [0.1, 0.15) is 38.5 Å². The van der Waals surface area contributed by atoms with E-state index in [-0.39, 0.29) is 0 Å². The van der Waals surface area contributed by atoms with Gasteiger partial charge in [0.25, 0.3) is 0 Å². The Labute approximate surface area is 89.2 Å². The molecule has 0 radical (unpaired) electrons. The van der Waals surface area contributed by atoms with Crippen molar-refractivity contribution < 1.29 is 0 Å². The minimum Gasteiger partial charge on any atom is -0.268 e. The van der Waals surface area contributed by atoms with Crippen LogP contribution >= 0.6 is 23.5 Å². The van der Waals surface area contributed by atoms with E-state index >= 15 is 0 Å². The van der Waals surface area contributed by atoms with Crippen molar-refractivity contribution in [2.24, 2.45) is 4.99 Å². The molecule has 0 unspecified atom stereocenters. The van der Waals surface area contributed by atoms with Gasteiger partial charge in [-0.25, -0.2) is 0 Å². The Kier molecular flexibility index (Phi) is 4.04. The third kappa shape index (κ3) is 3.21. The highest BCUT2D eigenvalue weighted by atomic mass is 32.2. The Balaban J connectivity index is 1.85. The van der Waals surface area contributed by atoms with Gasteiger partial charge in [0, 0.05) is 11.5 Å². The van der Waals surface area contributed by atoms with E-state index in [9.17, 15) is 0 Å². The maximum Gasteiger partial charge on any atom is 0.124 e. The molecule has 0 atom stereocenters. The lowest BCUT2D eigenvalue weighted by atomic mass is 9.96. The lowest BCUT2D eigenvalue weighted by Crippen LogP contribution is -2.12. The van der Waals surface area contributed by atoms with Crippen LogP contribution in [-0.4, -0.2) is 21.9 Å². The number of thioether (sulfide) groups is 2. The summed E-state index contributed by atoms with van der Waals surface area (Å²) in [5, 5.41) is 0. The van der Waals surface area contributed by atoms with Crippen LogP contribution in [-0.2, 0) is 0 Å². The number of nitrogens with zero attached hydrogens (tertiary/aromatic N) is 1. The smallest absolute Gasteiger partial charge is 0.124 e. The zero-order valence-corrected chi connectivity index (χ0v) is 9.63. The molecule has 0 bridgehead atoms. The molecule has 1 aliphatic heterocycles. The zero-order chi connectivity index (χ0) is 8.93. The van der Waals surface area contributed by atoms with Gasteiger partial charge in [0.05, 0.1) is 6.04 Å². The zero-order valence-electron chi connectivity index (χ0n) is 8.00. The molecule has 13 heavy (non-hydrogen) atoms. The molecule has 1 saturated carbocycles. The molecule has 1 aliphatic carbocycles. The molecule has 2 fully saturated rings. The van der Waals surface area contributed by atoms with Crippen LogP contribution in [0.15, 0.2) is 4.99 Å². The van der Waals surface area contributed by atoms with Crippen LogP contribution in [0, 0.1) is 0 Å². The van der Waals surface area contributed by atoms with Crippen molar-refractivity contribution in [3.8, 4) is 0 Å². The first-order valence-electron chi connectivity index (χ1n) is 5.28. The summed E-state index contributed by atoms with van der Waals surface area (Å²) in [5.74, 6) is 2.58. The van der Waals surface area contributed by atoms with Crippen molar-refractivity contribution >= 4 is 27.9 Å². The van der Waals surface area contributed by atoms with Gasteiger partial charge in [0.2, 0.25) is 0 Å². The molecule has 3 heteroatoms. The maximum atomic E-state index is 4.84. The molecule has 0 aromatic heterocycles. The average Bonchev–Trinajstić information content (AvgIpc) is 2.21. The first-order chi connectivity index (χ1) is 6.45. The fraction of sp³-hybridized carbons (Fsp3) is 0.900. The summed E-state index contributed by atoms with van der Waals surface area (Å²) in [7, 11) is 0. The van der Waals surface area contributed by atoms with Crippen molar-refractivity contribution in [3.63, 3.8) is 0 Å². The lowest BCUT2D eigenvalue weighted by molar-refractivity contribution is 0.444. The lowest BCUT2D eigenvalue weighted by Gasteiger charge is -2.20. The normalized spacial score (nSPS) is 26.0. The van der Waals surface area contributed by atoms with Crippen LogP contribution in [0.5, 0.6) is 0 Å². The molecule has 1 saturated heterocycles. The maximum absolute atomic E-state index is 4.84. The predicted molar refractivity (Wildman–Crippen MR) is 63.8 cm³/mol. The van der Waals surface area contributed by atoms with Gasteiger partial charge >= 0.3 is 0 Å². The van der Waals surface area contributed by atoms with Crippen LogP contribution in [0.3, 0.4) is 0 Å². The van der Waals surface area contributed by atoms with Crippen LogP contribution < -0.4 is 0 Å². The number of hydrogen-bond donors (Lipinski definition) is 0. The Morgan fingerprint density at radius 1 is 0.923 bits per heavy atom. The quantitative estimate of drug-likeness (QED) is 0.663. The van der Waals surface area contributed by atoms with E-state index in [1.165, 1.54) is 54.4 Å². The highest BCUT2D eigenvalue weighted by molar-refractivity contribution is 8.39. The average molecular weight is 215 g/mol. The predicted octanol–water partition coefficient (Wildman–Crippen LogP) is 3.55. The van der Waals surface area contributed by atoms with E-state index < -0.39 is 0 Å². The molecule has 0 amide bonds. The molecule has 2 rings (SSSR count). The molecule has 2 aliphatic rings. The summed E-state index contributed by atoms with van der Waals surface area (Å²) in [6.45, 7) is 0. The van der Waals surface area contributed by atoms with Crippen molar-refractivity contribution in [2.75, 3.05) is 11.5 Å². The summed E-state index contributed by atoms with van der Waals surface area (Å²) >= 11 is 3.94. The van der Waals surface area contributed by atoms with Crippen molar-refractivity contribution in [3.05, 3.63) is 0 Å². The second-order valence-corrected chi connectivity index (χ2v) is 6.16. The molecule has 0 spiro atoms.